The molecular weight excluding hydrogens is 558 g/mol. The maximum absolute atomic E-state index is 3.90. The first-order valence-electron chi connectivity index (χ1n) is 15.7. The highest BCUT2D eigenvalue weighted by molar-refractivity contribution is 6.19. The lowest BCUT2D eigenvalue weighted by molar-refractivity contribution is 1.09. The second-order valence-electron chi connectivity index (χ2n) is 11.9. The van der Waals surface area contributed by atoms with E-state index < -0.39 is 0 Å². The van der Waals surface area contributed by atoms with Crippen LogP contribution in [0.3, 0.4) is 0 Å². The lowest BCUT2D eigenvalue weighted by Crippen LogP contribution is -1.99. The summed E-state index contributed by atoms with van der Waals surface area (Å²) in [6.45, 7) is 6.10. The number of benzene rings is 6. The fourth-order valence-corrected chi connectivity index (χ4v) is 7.37. The Labute approximate surface area is 267 Å². The molecule has 9 rings (SSSR count). The van der Waals surface area contributed by atoms with Gasteiger partial charge in [0, 0.05) is 49.7 Å². The molecule has 0 aliphatic carbocycles. The summed E-state index contributed by atoms with van der Waals surface area (Å²) in [7, 11) is 0. The standard InChI is InChI=1S/C43H31N3/c1-3-4-19-38-29(2)33-16-8-11-20-39(33)44(38)31-23-25-32(26-24-31)46-41-22-13-10-18-35(41)37-27-42-36(28-43(37)46)34-17-9-12-21-40(34)45(42)30-14-6-5-7-15-30/h3-28H,1H2,2H3/b19-4-. The lowest BCUT2D eigenvalue weighted by Gasteiger charge is -2.13. The van der Waals surface area contributed by atoms with Gasteiger partial charge in [-0.2, -0.15) is 0 Å². The zero-order chi connectivity index (χ0) is 30.8. The average Bonchev–Trinajstić information content (AvgIpc) is 3.71. The molecule has 0 saturated heterocycles. The normalized spacial score (nSPS) is 12.0. The van der Waals surface area contributed by atoms with Crippen molar-refractivity contribution in [2.24, 2.45) is 0 Å². The molecule has 0 saturated carbocycles. The molecule has 0 unspecified atom stereocenters. The summed E-state index contributed by atoms with van der Waals surface area (Å²) in [5.74, 6) is 0. The number of hydrogen-bond donors (Lipinski definition) is 0. The summed E-state index contributed by atoms with van der Waals surface area (Å²) >= 11 is 0. The molecule has 0 atom stereocenters. The van der Waals surface area contributed by atoms with Gasteiger partial charge in [-0.3, -0.25) is 0 Å². The van der Waals surface area contributed by atoms with Crippen LogP contribution in [0.1, 0.15) is 11.3 Å². The molecule has 3 heteroatoms. The van der Waals surface area contributed by atoms with Gasteiger partial charge >= 0.3 is 0 Å². The maximum Gasteiger partial charge on any atom is 0.0548 e. The lowest BCUT2D eigenvalue weighted by atomic mass is 10.1. The minimum absolute atomic E-state index is 1.13. The monoisotopic (exact) mass is 589 g/mol. The molecule has 0 bridgehead atoms. The summed E-state index contributed by atoms with van der Waals surface area (Å²) in [4.78, 5) is 0. The van der Waals surface area contributed by atoms with E-state index in [9.17, 15) is 0 Å². The van der Waals surface area contributed by atoms with Gasteiger partial charge in [-0.15, -0.1) is 0 Å². The van der Waals surface area contributed by atoms with Crippen molar-refractivity contribution in [3.05, 3.63) is 170 Å². The van der Waals surface area contributed by atoms with Crippen LogP contribution in [0.2, 0.25) is 0 Å². The van der Waals surface area contributed by atoms with Crippen molar-refractivity contribution in [2.75, 3.05) is 0 Å². The van der Waals surface area contributed by atoms with Crippen LogP contribution in [0.4, 0.5) is 0 Å². The molecule has 0 radical (unpaired) electrons. The zero-order valence-corrected chi connectivity index (χ0v) is 25.6. The van der Waals surface area contributed by atoms with E-state index in [0.717, 1.165) is 11.4 Å². The molecular formula is C43H31N3. The predicted molar refractivity (Wildman–Crippen MR) is 196 cm³/mol. The summed E-state index contributed by atoms with van der Waals surface area (Å²) < 4.78 is 7.16. The molecule has 46 heavy (non-hydrogen) atoms. The van der Waals surface area contributed by atoms with E-state index in [-0.39, 0.29) is 0 Å². The van der Waals surface area contributed by atoms with Crippen molar-refractivity contribution < 1.29 is 0 Å². The molecule has 9 aromatic rings. The molecule has 3 heterocycles. The Morgan fingerprint density at radius 3 is 1.41 bits per heavy atom. The second kappa shape index (κ2) is 10.3. The smallest absolute Gasteiger partial charge is 0.0548 e. The van der Waals surface area contributed by atoms with E-state index in [0.29, 0.717) is 0 Å². The second-order valence-corrected chi connectivity index (χ2v) is 11.9. The molecule has 0 N–H and O–H groups in total. The third-order valence-electron chi connectivity index (χ3n) is 9.41. The SMILES string of the molecule is C=C/C=C\c1c(C)c2ccccc2n1-c1ccc(-n2c3ccccc3c3cc4c(cc32)c2ccccc2n4-c2ccccc2)cc1. The van der Waals surface area contributed by atoms with Crippen molar-refractivity contribution >= 4 is 60.6 Å². The number of fused-ring (bicyclic) bond motifs is 7. The highest BCUT2D eigenvalue weighted by Gasteiger charge is 2.19. The first kappa shape index (κ1) is 26.4. The number of aromatic nitrogens is 3. The third-order valence-corrected chi connectivity index (χ3v) is 9.41. The summed E-state index contributed by atoms with van der Waals surface area (Å²) in [6.07, 6.45) is 6.00. The Hall–Kier alpha value is -6.06. The summed E-state index contributed by atoms with van der Waals surface area (Å²) in [6, 6.07) is 50.6. The predicted octanol–water partition coefficient (Wildman–Crippen LogP) is 11.3. The molecule has 0 spiro atoms. The molecule has 3 nitrogen and oxygen atoms in total. The van der Waals surface area contributed by atoms with Crippen molar-refractivity contribution in [3.8, 4) is 17.1 Å². The van der Waals surface area contributed by atoms with E-state index in [1.54, 1.807) is 0 Å². The van der Waals surface area contributed by atoms with Gasteiger partial charge in [0.1, 0.15) is 0 Å². The Balaban J connectivity index is 1.29. The summed E-state index contributed by atoms with van der Waals surface area (Å²) in [5, 5.41) is 6.26. The minimum atomic E-state index is 1.13. The number of para-hydroxylation sites is 4. The fourth-order valence-electron chi connectivity index (χ4n) is 7.37. The number of allylic oxidation sites excluding steroid dienone is 2. The van der Waals surface area contributed by atoms with Crippen LogP contribution in [0.25, 0.3) is 77.7 Å². The maximum atomic E-state index is 3.90. The van der Waals surface area contributed by atoms with Gasteiger partial charge in [0.2, 0.25) is 0 Å². The first-order valence-corrected chi connectivity index (χ1v) is 15.7. The van der Waals surface area contributed by atoms with Gasteiger partial charge in [0.15, 0.2) is 0 Å². The Kier molecular flexibility index (Phi) is 5.87. The van der Waals surface area contributed by atoms with Gasteiger partial charge in [0.25, 0.3) is 0 Å². The van der Waals surface area contributed by atoms with Gasteiger partial charge in [-0.25, -0.2) is 0 Å². The molecule has 0 aliphatic heterocycles. The molecule has 0 aliphatic rings. The average molecular weight is 590 g/mol. The van der Waals surface area contributed by atoms with Crippen LogP contribution in [-0.2, 0) is 0 Å². The molecule has 3 aromatic heterocycles. The van der Waals surface area contributed by atoms with Crippen LogP contribution >= 0.6 is 0 Å². The van der Waals surface area contributed by atoms with Crippen molar-refractivity contribution in [1.29, 1.82) is 0 Å². The van der Waals surface area contributed by atoms with E-state index >= 15 is 0 Å². The molecule has 218 valence electrons. The van der Waals surface area contributed by atoms with Crippen LogP contribution in [0.15, 0.2) is 158 Å². The van der Waals surface area contributed by atoms with Crippen LogP contribution in [0.5, 0.6) is 0 Å². The number of nitrogens with zero attached hydrogens (tertiary/aromatic N) is 3. The third kappa shape index (κ3) is 3.79. The van der Waals surface area contributed by atoms with E-state index in [4.69, 9.17) is 0 Å². The fraction of sp³-hybridized carbons (Fsp3) is 0.0233. The van der Waals surface area contributed by atoms with Crippen LogP contribution in [-0.4, -0.2) is 13.7 Å². The van der Waals surface area contributed by atoms with Crippen LogP contribution in [0, 0.1) is 6.92 Å². The van der Waals surface area contributed by atoms with Crippen LogP contribution < -0.4 is 0 Å². The van der Waals surface area contributed by atoms with Gasteiger partial charge in [-0.1, -0.05) is 91.5 Å². The van der Waals surface area contributed by atoms with E-state index in [2.05, 4.69) is 173 Å². The number of hydrogen-bond acceptors (Lipinski definition) is 0. The van der Waals surface area contributed by atoms with Gasteiger partial charge < -0.3 is 13.7 Å². The van der Waals surface area contributed by atoms with Gasteiger partial charge in [-0.05, 0) is 85.3 Å². The quantitative estimate of drug-likeness (QED) is 0.177. The Morgan fingerprint density at radius 1 is 0.435 bits per heavy atom. The van der Waals surface area contributed by atoms with E-state index in [1.807, 2.05) is 12.2 Å². The number of aryl methyl sites for hydroxylation is 1. The molecule has 6 aromatic carbocycles. The van der Waals surface area contributed by atoms with Crippen molar-refractivity contribution in [1.82, 2.24) is 13.7 Å². The topological polar surface area (TPSA) is 14.8 Å². The van der Waals surface area contributed by atoms with E-state index in [1.165, 1.54) is 71.5 Å². The summed E-state index contributed by atoms with van der Waals surface area (Å²) in [5.41, 5.74) is 11.9. The Bertz CT molecular complexity index is 2640. The molecule has 0 fully saturated rings. The minimum Gasteiger partial charge on any atom is -0.310 e. The number of rotatable bonds is 5. The first-order chi connectivity index (χ1) is 22.7. The van der Waals surface area contributed by atoms with Crippen molar-refractivity contribution in [2.45, 2.75) is 6.92 Å². The molecule has 0 amide bonds. The highest BCUT2D eigenvalue weighted by Crippen LogP contribution is 2.40. The largest absolute Gasteiger partial charge is 0.310 e. The Morgan fingerprint density at radius 2 is 0.870 bits per heavy atom. The highest BCUT2D eigenvalue weighted by atomic mass is 15.0. The van der Waals surface area contributed by atoms with Gasteiger partial charge in [0.05, 0.1) is 27.6 Å². The zero-order valence-electron chi connectivity index (χ0n) is 25.6. The van der Waals surface area contributed by atoms with Crippen molar-refractivity contribution in [3.63, 3.8) is 0 Å².